The Bertz CT molecular complexity index is 1160. The molecule has 1 aliphatic carbocycles. The van der Waals surface area contributed by atoms with E-state index in [9.17, 15) is 19.5 Å². The van der Waals surface area contributed by atoms with Crippen LogP contribution < -0.4 is 10.6 Å². The number of ether oxygens (including phenoxy) is 1. The molecule has 8 nitrogen and oxygen atoms in total. The molecule has 0 saturated heterocycles. The van der Waals surface area contributed by atoms with Crippen molar-refractivity contribution in [2.24, 2.45) is 0 Å². The van der Waals surface area contributed by atoms with E-state index in [-0.39, 0.29) is 18.9 Å². The van der Waals surface area contributed by atoms with Crippen LogP contribution in [0.1, 0.15) is 42.5 Å². The summed E-state index contributed by atoms with van der Waals surface area (Å²) in [5.41, 5.74) is 5.00. The lowest BCUT2D eigenvalue weighted by Gasteiger charge is -2.14. The molecule has 3 aromatic rings. The maximum Gasteiger partial charge on any atom is 0.413 e. The number of amides is 2. The number of rotatable bonds is 9. The van der Waals surface area contributed by atoms with Crippen LogP contribution in [0.15, 0.2) is 53.9 Å². The van der Waals surface area contributed by atoms with Gasteiger partial charge in [0, 0.05) is 11.3 Å². The van der Waals surface area contributed by atoms with Crippen LogP contribution in [0.2, 0.25) is 0 Å². The minimum atomic E-state index is -1.06. The minimum absolute atomic E-state index is 0.0426. The number of carboxylic acids is 1. The molecule has 1 atom stereocenters. The van der Waals surface area contributed by atoms with Crippen molar-refractivity contribution in [3.63, 3.8) is 0 Å². The van der Waals surface area contributed by atoms with Crippen LogP contribution in [0.25, 0.3) is 11.1 Å². The van der Waals surface area contributed by atoms with Crippen LogP contribution in [0.4, 0.5) is 9.93 Å². The Morgan fingerprint density at radius 1 is 1.09 bits per heavy atom. The molecule has 3 N–H and O–H groups in total. The van der Waals surface area contributed by atoms with E-state index in [1.165, 1.54) is 11.3 Å². The molecular weight excluding hydrogens is 454 g/mol. The SMILES string of the molecule is CCCC(NC(=O)Cc1csc(NC(=O)OCC2c3ccccc3-c3ccccc32)n1)C(=O)O. The number of carbonyl (C=O) groups is 3. The summed E-state index contributed by atoms with van der Waals surface area (Å²) in [6.45, 7) is 2.04. The highest BCUT2D eigenvalue weighted by molar-refractivity contribution is 7.13. The van der Waals surface area contributed by atoms with E-state index in [1.54, 1.807) is 5.38 Å². The van der Waals surface area contributed by atoms with Gasteiger partial charge in [-0.2, -0.15) is 0 Å². The van der Waals surface area contributed by atoms with Gasteiger partial charge in [-0.05, 0) is 28.7 Å². The number of carboxylic acid groups (broad SMARTS) is 1. The van der Waals surface area contributed by atoms with Crippen LogP contribution >= 0.6 is 11.3 Å². The number of aromatic nitrogens is 1. The van der Waals surface area contributed by atoms with Crippen LogP contribution in [0.5, 0.6) is 0 Å². The Kier molecular flexibility index (Phi) is 7.22. The highest BCUT2D eigenvalue weighted by atomic mass is 32.1. The third-order valence-corrected chi connectivity index (χ3v) is 6.46. The Morgan fingerprint density at radius 3 is 2.35 bits per heavy atom. The molecule has 176 valence electrons. The fourth-order valence-corrected chi connectivity index (χ4v) is 4.82. The zero-order chi connectivity index (χ0) is 24.1. The van der Waals surface area contributed by atoms with Crippen molar-refractivity contribution < 1.29 is 24.2 Å². The summed E-state index contributed by atoms with van der Waals surface area (Å²) >= 11 is 1.17. The molecule has 9 heteroatoms. The van der Waals surface area contributed by atoms with Crippen molar-refractivity contribution in [1.82, 2.24) is 10.3 Å². The number of thiazole rings is 1. The molecule has 34 heavy (non-hydrogen) atoms. The number of benzene rings is 2. The van der Waals surface area contributed by atoms with Crippen molar-refractivity contribution in [1.29, 1.82) is 0 Å². The maximum atomic E-state index is 12.4. The van der Waals surface area contributed by atoms with E-state index in [0.29, 0.717) is 23.7 Å². The van der Waals surface area contributed by atoms with Gasteiger partial charge in [-0.25, -0.2) is 14.6 Å². The Balaban J connectivity index is 1.32. The van der Waals surface area contributed by atoms with Gasteiger partial charge >= 0.3 is 12.1 Å². The average Bonchev–Trinajstić information content (AvgIpc) is 3.39. The first-order chi connectivity index (χ1) is 16.5. The largest absolute Gasteiger partial charge is 0.480 e. The van der Waals surface area contributed by atoms with Crippen LogP contribution in [0.3, 0.4) is 0 Å². The first-order valence-electron chi connectivity index (χ1n) is 11.0. The van der Waals surface area contributed by atoms with E-state index >= 15 is 0 Å². The lowest BCUT2D eigenvalue weighted by molar-refractivity contribution is -0.141. The van der Waals surface area contributed by atoms with Crippen molar-refractivity contribution >= 4 is 34.4 Å². The van der Waals surface area contributed by atoms with Gasteiger partial charge in [-0.1, -0.05) is 61.9 Å². The average molecular weight is 480 g/mol. The monoisotopic (exact) mass is 479 g/mol. The third-order valence-electron chi connectivity index (χ3n) is 5.66. The molecule has 0 aliphatic heterocycles. The number of hydrogen-bond acceptors (Lipinski definition) is 6. The highest BCUT2D eigenvalue weighted by Crippen LogP contribution is 2.44. The standard InChI is InChI=1S/C25H25N3O5S/c1-2-7-21(23(30)31)27-22(29)12-15-14-34-24(26-15)28-25(32)33-13-20-18-10-5-3-8-16(18)17-9-4-6-11-19(17)20/h3-6,8-11,14,20-21H,2,7,12-13H2,1H3,(H,27,29)(H,30,31)(H,26,28,32). The lowest BCUT2D eigenvalue weighted by atomic mass is 9.98. The molecule has 1 aromatic heterocycles. The second-order valence-corrected chi connectivity index (χ2v) is 8.88. The second-order valence-electron chi connectivity index (χ2n) is 8.02. The molecule has 1 unspecified atom stereocenters. The van der Waals surface area contributed by atoms with E-state index in [4.69, 9.17) is 4.74 Å². The van der Waals surface area contributed by atoms with Gasteiger partial charge in [0.2, 0.25) is 5.91 Å². The molecule has 2 amide bonds. The lowest BCUT2D eigenvalue weighted by Crippen LogP contribution is -2.41. The van der Waals surface area contributed by atoms with Gasteiger partial charge in [-0.15, -0.1) is 11.3 Å². The van der Waals surface area contributed by atoms with Gasteiger partial charge in [0.15, 0.2) is 5.13 Å². The van der Waals surface area contributed by atoms with E-state index in [2.05, 4.69) is 39.9 Å². The summed E-state index contributed by atoms with van der Waals surface area (Å²) in [6, 6.07) is 15.3. The normalized spacial score (nSPS) is 13.0. The number of hydrogen-bond donors (Lipinski definition) is 3. The summed E-state index contributed by atoms with van der Waals surface area (Å²) in [6.07, 6.45) is 0.298. The Labute approximate surface area is 201 Å². The van der Waals surface area contributed by atoms with Crippen molar-refractivity contribution in [3.8, 4) is 11.1 Å². The zero-order valence-corrected chi connectivity index (χ0v) is 19.4. The number of nitrogens with one attached hydrogen (secondary N) is 2. The number of fused-ring (bicyclic) bond motifs is 3. The van der Waals surface area contributed by atoms with E-state index in [1.807, 2.05) is 31.2 Å². The van der Waals surface area contributed by atoms with Crippen LogP contribution in [0, 0.1) is 0 Å². The summed E-state index contributed by atoms with van der Waals surface area (Å²) < 4.78 is 5.51. The number of aliphatic carboxylic acids is 1. The van der Waals surface area contributed by atoms with Gasteiger partial charge in [0.05, 0.1) is 12.1 Å². The molecule has 4 rings (SSSR count). The van der Waals surface area contributed by atoms with Crippen molar-refractivity contribution in [2.45, 2.75) is 38.1 Å². The number of carbonyl (C=O) groups excluding carboxylic acids is 2. The highest BCUT2D eigenvalue weighted by Gasteiger charge is 2.29. The number of nitrogens with zero attached hydrogens (tertiary/aromatic N) is 1. The molecule has 0 fully saturated rings. The van der Waals surface area contributed by atoms with Gasteiger partial charge in [0.25, 0.3) is 0 Å². The fourth-order valence-electron chi connectivity index (χ4n) is 4.12. The molecule has 0 saturated carbocycles. The minimum Gasteiger partial charge on any atom is -0.480 e. The second kappa shape index (κ2) is 10.5. The Morgan fingerprint density at radius 2 is 1.74 bits per heavy atom. The summed E-state index contributed by atoms with van der Waals surface area (Å²) in [5, 5.41) is 16.2. The van der Waals surface area contributed by atoms with Crippen LogP contribution in [-0.4, -0.2) is 40.7 Å². The molecule has 0 spiro atoms. The van der Waals surface area contributed by atoms with Gasteiger partial charge < -0.3 is 15.2 Å². The first-order valence-corrected chi connectivity index (χ1v) is 11.9. The third kappa shape index (κ3) is 5.26. The number of anilines is 1. The molecule has 1 heterocycles. The van der Waals surface area contributed by atoms with Gasteiger partial charge in [-0.3, -0.25) is 10.1 Å². The van der Waals surface area contributed by atoms with Crippen molar-refractivity contribution in [2.75, 3.05) is 11.9 Å². The summed E-state index contributed by atoms with van der Waals surface area (Å²) in [5.74, 6) is -1.54. The molecule has 2 aromatic carbocycles. The zero-order valence-electron chi connectivity index (χ0n) is 18.6. The molecular formula is C25H25N3O5S. The fraction of sp³-hybridized carbons (Fsp3) is 0.280. The smallest absolute Gasteiger partial charge is 0.413 e. The molecule has 0 bridgehead atoms. The first kappa shape index (κ1) is 23.4. The van der Waals surface area contributed by atoms with Crippen LogP contribution in [-0.2, 0) is 20.7 Å². The van der Waals surface area contributed by atoms with E-state index in [0.717, 1.165) is 22.3 Å². The predicted octanol–water partition coefficient (Wildman–Crippen LogP) is 4.42. The molecule has 1 aliphatic rings. The quantitative estimate of drug-likeness (QED) is 0.418. The molecule has 0 radical (unpaired) electrons. The summed E-state index contributed by atoms with van der Waals surface area (Å²) in [7, 11) is 0. The predicted molar refractivity (Wildman–Crippen MR) is 129 cm³/mol. The Hall–Kier alpha value is -3.72. The summed E-state index contributed by atoms with van der Waals surface area (Å²) in [4.78, 5) is 40.0. The van der Waals surface area contributed by atoms with E-state index < -0.39 is 24.0 Å². The maximum absolute atomic E-state index is 12.4. The van der Waals surface area contributed by atoms with Crippen molar-refractivity contribution in [3.05, 3.63) is 70.7 Å². The van der Waals surface area contributed by atoms with Gasteiger partial charge in [0.1, 0.15) is 12.6 Å². The topological polar surface area (TPSA) is 118 Å².